The van der Waals surface area contributed by atoms with E-state index in [1.54, 1.807) is 12.7 Å². The summed E-state index contributed by atoms with van der Waals surface area (Å²) in [4.78, 5) is 2.73. The van der Waals surface area contributed by atoms with Gasteiger partial charge in [0.25, 0.3) is 0 Å². The monoisotopic (exact) mass is 259 g/mol. The first-order valence-corrected chi connectivity index (χ1v) is 7.75. The summed E-state index contributed by atoms with van der Waals surface area (Å²) in [5.74, 6) is 1.85. The van der Waals surface area contributed by atoms with Crippen molar-refractivity contribution in [2.24, 2.45) is 0 Å². The fourth-order valence-corrected chi connectivity index (χ4v) is 3.98. The van der Waals surface area contributed by atoms with Crippen LogP contribution >= 0.6 is 0 Å². The summed E-state index contributed by atoms with van der Waals surface area (Å²) in [6.07, 6.45) is 6.46. The maximum Gasteiger partial charge on any atom is 0.122 e. The molecule has 2 heteroatoms. The molecule has 1 aliphatic carbocycles. The number of hydrogen-bond donors (Lipinski definition) is 0. The van der Waals surface area contributed by atoms with E-state index in [0.29, 0.717) is 0 Å². The number of nitrogens with zero attached hydrogens (tertiary/aromatic N) is 1. The summed E-state index contributed by atoms with van der Waals surface area (Å²) in [6, 6.07) is 7.39. The van der Waals surface area contributed by atoms with Crippen LogP contribution in [0.15, 0.2) is 18.2 Å². The molecule has 0 unspecified atom stereocenters. The van der Waals surface area contributed by atoms with E-state index >= 15 is 0 Å². The van der Waals surface area contributed by atoms with Gasteiger partial charge in [0, 0.05) is 12.0 Å². The summed E-state index contributed by atoms with van der Waals surface area (Å²) in [7, 11) is 1.80. The normalized spacial score (nSPS) is 26.0. The van der Waals surface area contributed by atoms with Gasteiger partial charge in [0.05, 0.1) is 7.11 Å². The number of rotatable bonds is 4. The smallest absolute Gasteiger partial charge is 0.122 e. The van der Waals surface area contributed by atoms with E-state index in [9.17, 15) is 0 Å². The molecule has 0 spiro atoms. The number of likely N-dealkylation sites (tertiary alicyclic amines) is 1. The summed E-state index contributed by atoms with van der Waals surface area (Å²) in [5, 5.41) is 0. The average molecular weight is 259 g/mol. The van der Waals surface area contributed by atoms with Crippen molar-refractivity contribution in [3.05, 3.63) is 29.3 Å². The van der Waals surface area contributed by atoms with Gasteiger partial charge < -0.3 is 4.74 Å². The van der Waals surface area contributed by atoms with Crippen LogP contribution in [0.25, 0.3) is 0 Å². The van der Waals surface area contributed by atoms with Crippen LogP contribution in [0.2, 0.25) is 0 Å². The van der Waals surface area contributed by atoms with Gasteiger partial charge in [0.15, 0.2) is 0 Å². The summed E-state index contributed by atoms with van der Waals surface area (Å²) in [5.41, 5.74) is 3.04. The van der Waals surface area contributed by atoms with E-state index in [4.69, 9.17) is 4.74 Å². The van der Waals surface area contributed by atoms with Gasteiger partial charge in [0.1, 0.15) is 5.75 Å². The first kappa shape index (κ1) is 13.0. The van der Waals surface area contributed by atoms with E-state index in [1.165, 1.54) is 50.8 Å². The molecule has 1 fully saturated rings. The molecular weight excluding hydrogens is 234 g/mol. The maximum atomic E-state index is 5.54. The van der Waals surface area contributed by atoms with Gasteiger partial charge in [-0.3, -0.25) is 4.90 Å². The van der Waals surface area contributed by atoms with Crippen LogP contribution in [0.1, 0.15) is 49.7 Å². The second-order valence-electron chi connectivity index (χ2n) is 5.92. The van der Waals surface area contributed by atoms with Gasteiger partial charge in [-0.1, -0.05) is 25.5 Å². The standard InChI is InChI=1S/C17H25NO/c1-3-4-11-18-12-10-14-13-6-5-7-17(19-2)15(13)8-9-16(14)18/h5-7,14,16H,3-4,8-12H2,1-2H3/t14-,16+/m1/s1. The number of methoxy groups -OCH3 is 1. The third-order valence-electron chi connectivity index (χ3n) is 4.94. The molecule has 1 aromatic rings. The molecule has 2 aliphatic rings. The fourth-order valence-electron chi connectivity index (χ4n) is 3.98. The average Bonchev–Trinajstić information content (AvgIpc) is 2.87. The van der Waals surface area contributed by atoms with Gasteiger partial charge >= 0.3 is 0 Å². The Morgan fingerprint density at radius 2 is 2.21 bits per heavy atom. The Morgan fingerprint density at radius 3 is 3.00 bits per heavy atom. The zero-order valence-corrected chi connectivity index (χ0v) is 12.2. The van der Waals surface area contributed by atoms with Crippen molar-refractivity contribution in [1.82, 2.24) is 4.90 Å². The molecule has 0 bridgehead atoms. The molecule has 0 saturated carbocycles. The van der Waals surface area contributed by atoms with Crippen molar-refractivity contribution in [1.29, 1.82) is 0 Å². The number of unbranched alkanes of at least 4 members (excludes halogenated alkanes) is 1. The highest BCUT2D eigenvalue weighted by molar-refractivity contribution is 5.45. The largest absolute Gasteiger partial charge is 0.496 e. The quantitative estimate of drug-likeness (QED) is 0.819. The molecule has 2 nitrogen and oxygen atoms in total. The van der Waals surface area contributed by atoms with Gasteiger partial charge in [-0.2, -0.15) is 0 Å². The van der Waals surface area contributed by atoms with Crippen LogP contribution in [0, 0.1) is 0 Å². The Bertz CT molecular complexity index is 443. The van der Waals surface area contributed by atoms with Crippen LogP contribution in [0.5, 0.6) is 5.75 Å². The third-order valence-corrected chi connectivity index (χ3v) is 4.94. The zero-order chi connectivity index (χ0) is 13.2. The molecule has 1 aliphatic heterocycles. The molecular formula is C17H25NO. The van der Waals surface area contributed by atoms with Crippen molar-refractivity contribution < 1.29 is 4.74 Å². The van der Waals surface area contributed by atoms with E-state index in [1.807, 2.05) is 0 Å². The molecule has 0 radical (unpaired) electrons. The Balaban J connectivity index is 1.83. The van der Waals surface area contributed by atoms with E-state index in [0.717, 1.165) is 17.7 Å². The minimum Gasteiger partial charge on any atom is -0.496 e. The summed E-state index contributed by atoms with van der Waals surface area (Å²) >= 11 is 0. The third kappa shape index (κ3) is 2.27. The summed E-state index contributed by atoms with van der Waals surface area (Å²) < 4.78 is 5.54. The topological polar surface area (TPSA) is 12.5 Å². The van der Waals surface area contributed by atoms with Crippen molar-refractivity contribution in [2.75, 3.05) is 20.2 Å². The molecule has 104 valence electrons. The lowest BCUT2D eigenvalue weighted by atomic mass is 9.79. The van der Waals surface area contributed by atoms with Crippen LogP contribution in [-0.2, 0) is 6.42 Å². The van der Waals surface area contributed by atoms with E-state index in [-0.39, 0.29) is 0 Å². The first-order valence-electron chi connectivity index (χ1n) is 7.75. The molecule has 1 aromatic carbocycles. The van der Waals surface area contributed by atoms with Crippen LogP contribution in [0.3, 0.4) is 0 Å². The Kier molecular flexibility index (Phi) is 3.79. The predicted octanol–water partition coefficient (Wildman–Crippen LogP) is 3.60. The highest BCUT2D eigenvalue weighted by Gasteiger charge is 2.38. The summed E-state index contributed by atoms with van der Waals surface area (Å²) in [6.45, 7) is 4.86. The van der Waals surface area contributed by atoms with Crippen LogP contribution in [0.4, 0.5) is 0 Å². The molecule has 2 atom stereocenters. The van der Waals surface area contributed by atoms with Crippen molar-refractivity contribution in [3.63, 3.8) is 0 Å². The van der Waals surface area contributed by atoms with E-state index < -0.39 is 0 Å². The molecule has 19 heavy (non-hydrogen) atoms. The first-order chi connectivity index (χ1) is 9.35. The van der Waals surface area contributed by atoms with Crippen molar-refractivity contribution >= 4 is 0 Å². The van der Waals surface area contributed by atoms with Gasteiger partial charge in [-0.15, -0.1) is 0 Å². The Hall–Kier alpha value is -1.02. The van der Waals surface area contributed by atoms with Crippen LogP contribution in [-0.4, -0.2) is 31.1 Å². The predicted molar refractivity (Wildman–Crippen MR) is 78.9 cm³/mol. The van der Waals surface area contributed by atoms with Gasteiger partial charge in [-0.25, -0.2) is 0 Å². The molecule has 0 N–H and O–H groups in total. The van der Waals surface area contributed by atoms with Gasteiger partial charge in [0.2, 0.25) is 0 Å². The van der Waals surface area contributed by atoms with Crippen molar-refractivity contribution in [2.45, 2.75) is 51.0 Å². The minimum absolute atomic E-state index is 0.746. The lowest BCUT2D eigenvalue weighted by Crippen LogP contribution is -2.35. The maximum absolute atomic E-state index is 5.54. The Morgan fingerprint density at radius 1 is 1.32 bits per heavy atom. The molecule has 0 aromatic heterocycles. The highest BCUT2D eigenvalue weighted by Crippen LogP contribution is 2.44. The van der Waals surface area contributed by atoms with Gasteiger partial charge in [-0.05, 0) is 56.0 Å². The second kappa shape index (κ2) is 5.54. The molecule has 3 rings (SSSR count). The van der Waals surface area contributed by atoms with Crippen LogP contribution < -0.4 is 4.74 Å². The Labute approximate surface area is 116 Å². The highest BCUT2D eigenvalue weighted by atomic mass is 16.5. The number of benzene rings is 1. The van der Waals surface area contributed by atoms with Crippen molar-refractivity contribution in [3.8, 4) is 5.75 Å². The lowest BCUT2D eigenvalue weighted by Gasteiger charge is -2.34. The van der Waals surface area contributed by atoms with E-state index in [2.05, 4.69) is 30.0 Å². The number of hydrogen-bond acceptors (Lipinski definition) is 2. The molecule has 1 saturated heterocycles. The molecule has 0 amide bonds. The lowest BCUT2D eigenvalue weighted by molar-refractivity contribution is 0.223. The zero-order valence-electron chi connectivity index (χ0n) is 12.2. The number of fused-ring (bicyclic) bond motifs is 3. The molecule has 1 heterocycles. The minimum atomic E-state index is 0.746. The number of ether oxygens (including phenoxy) is 1. The second-order valence-corrected chi connectivity index (χ2v) is 5.92. The fraction of sp³-hybridized carbons (Fsp3) is 0.647. The SMILES string of the molecule is CCCCN1CC[C@@H]2c3cccc(OC)c3CC[C@@H]21.